The van der Waals surface area contributed by atoms with Gasteiger partial charge >= 0.3 is 0 Å². The highest BCUT2D eigenvalue weighted by Gasteiger charge is 2.12. The minimum Gasteiger partial charge on any atom is -0.390 e. The molecule has 0 fully saturated rings. The predicted octanol–water partition coefficient (Wildman–Crippen LogP) is 2.94. The third kappa shape index (κ3) is 2.02. The summed E-state index contributed by atoms with van der Waals surface area (Å²) >= 11 is 12.1. The van der Waals surface area contributed by atoms with Crippen LogP contribution < -0.4 is 0 Å². The van der Waals surface area contributed by atoms with Gasteiger partial charge in [0.05, 0.1) is 22.3 Å². The van der Waals surface area contributed by atoms with E-state index in [1.165, 1.54) is 6.33 Å². The molecule has 0 saturated carbocycles. The van der Waals surface area contributed by atoms with Crippen molar-refractivity contribution < 1.29 is 5.11 Å². The molecule has 3 nitrogen and oxygen atoms in total. The van der Waals surface area contributed by atoms with Crippen molar-refractivity contribution in [1.29, 1.82) is 0 Å². The highest BCUT2D eigenvalue weighted by atomic mass is 35.5. The average Bonchev–Trinajstić information content (AvgIpc) is 2.29. The molecule has 0 aliphatic carbocycles. The standard InChI is InChI=1S/C11H8Cl2N2O/c12-8-2-1-3-9(13)11(8)7-4-14-6-15-10(7)5-16/h1-4,6,16H,5H2. The molecular formula is C11H8Cl2N2O. The highest BCUT2D eigenvalue weighted by molar-refractivity contribution is 6.39. The van der Waals surface area contributed by atoms with Crippen LogP contribution in [0.4, 0.5) is 0 Å². The molecule has 1 aromatic carbocycles. The van der Waals surface area contributed by atoms with Crippen LogP contribution in [0.3, 0.4) is 0 Å². The summed E-state index contributed by atoms with van der Waals surface area (Å²) < 4.78 is 0. The fraction of sp³-hybridized carbons (Fsp3) is 0.0909. The number of aliphatic hydroxyl groups excluding tert-OH is 1. The summed E-state index contributed by atoms with van der Waals surface area (Å²) in [5.74, 6) is 0. The second-order valence-corrected chi connectivity index (χ2v) is 3.95. The second-order valence-electron chi connectivity index (χ2n) is 3.14. The molecule has 2 aromatic rings. The summed E-state index contributed by atoms with van der Waals surface area (Å²) in [5.41, 5.74) is 1.81. The van der Waals surface area contributed by atoms with Crippen molar-refractivity contribution in [2.75, 3.05) is 0 Å². The summed E-state index contributed by atoms with van der Waals surface area (Å²) in [7, 11) is 0. The minimum absolute atomic E-state index is 0.181. The maximum Gasteiger partial charge on any atom is 0.115 e. The Morgan fingerprint density at radius 2 is 1.88 bits per heavy atom. The fourth-order valence-electron chi connectivity index (χ4n) is 1.44. The first kappa shape index (κ1) is 11.3. The molecule has 0 aliphatic rings. The number of aromatic nitrogens is 2. The zero-order valence-electron chi connectivity index (χ0n) is 8.19. The molecule has 0 amide bonds. The Bertz CT molecular complexity index is 497. The van der Waals surface area contributed by atoms with Gasteiger partial charge in [-0.25, -0.2) is 9.97 Å². The molecule has 1 aromatic heterocycles. The lowest BCUT2D eigenvalue weighted by Gasteiger charge is -2.09. The molecule has 82 valence electrons. The van der Waals surface area contributed by atoms with Crippen molar-refractivity contribution >= 4 is 23.2 Å². The SMILES string of the molecule is OCc1ncncc1-c1c(Cl)cccc1Cl. The monoisotopic (exact) mass is 254 g/mol. The van der Waals surface area contributed by atoms with Crippen molar-refractivity contribution in [3.05, 3.63) is 46.5 Å². The van der Waals surface area contributed by atoms with Crippen LogP contribution in [0.15, 0.2) is 30.7 Å². The Balaban J connectivity index is 2.67. The molecule has 0 saturated heterocycles. The molecular weight excluding hydrogens is 247 g/mol. The first-order valence-electron chi connectivity index (χ1n) is 4.58. The van der Waals surface area contributed by atoms with Crippen molar-refractivity contribution in [2.45, 2.75) is 6.61 Å². The van der Waals surface area contributed by atoms with E-state index in [0.29, 0.717) is 26.9 Å². The Morgan fingerprint density at radius 3 is 2.50 bits per heavy atom. The van der Waals surface area contributed by atoms with Crippen molar-refractivity contribution in [2.24, 2.45) is 0 Å². The van der Waals surface area contributed by atoms with Gasteiger partial charge in [-0.15, -0.1) is 0 Å². The van der Waals surface area contributed by atoms with E-state index in [9.17, 15) is 5.11 Å². The van der Waals surface area contributed by atoms with Crippen LogP contribution in [-0.4, -0.2) is 15.1 Å². The third-order valence-electron chi connectivity index (χ3n) is 2.18. The van der Waals surface area contributed by atoms with E-state index >= 15 is 0 Å². The van der Waals surface area contributed by atoms with Gasteiger partial charge in [-0.3, -0.25) is 0 Å². The van der Waals surface area contributed by atoms with Gasteiger partial charge < -0.3 is 5.11 Å². The van der Waals surface area contributed by atoms with Crippen LogP contribution in [0, 0.1) is 0 Å². The van der Waals surface area contributed by atoms with Crippen LogP contribution in [0.2, 0.25) is 10.0 Å². The molecule has 0 spiro atoms. The molecule has 2 rings (SSSR count). The van der Waals surface area contributed by atoms with Crippen LogP contribution in [0.1, 0.15) is 5.69 Å². The van der Waals surface area contributed by atoms with Crippen LogP contribution in [0.25, 0.3) is 11.1 Å². The number of hydrogen-bond acceptors (Lipinski definition) is 3. The van der Waals surface area contributed by atoms with E-state index in [-0.39, 0.29) is 6.61 Å². The Hall–Kier alpha value is -1.16. The largest absolute Gasteiger partial charge is 0.390 e. The lowest BCUT2D eigenvalue weighted by molar-refractivity contribution is 0.277. The molecule has 5 heteroatoms. The summed E-state index contributed by atoms with van der Waals surface area (Å²) in [6.45, 7) is -0.181. The Kier molecular flexibility index (Phi) is 3.39. The number of halogens is 2. The molecule has 0 aliphatic heterocycles. The average molecular weight is 255 g/mol. The Morgan fingerprint density at radius 1 is 1.19 bits per heavy atom. The first-order valence-corrected chi connectivity index (χ1v) is 5.33. The fourth-order valence-corrected chi connectivity index (χ4v) is 2.05. The van der Waals surface area contributed by atoms with Crippen molar-refractivity contribution in [3.8, 4) is 11.1 Å². The number of nitrogens with zero attached hydrogens (tertiary/aromatic N) is 2. The molecule has 0 bridgehead atoms. The lowest BCUT2D eigenvalue weighted by Crippen LogP contribution is -1.95. The molecule has 16 heavy (non-hydrogen) atoms. The smallest absolute Gasteiger partial charge is 0.115 e. The maximum absolute atomic E-state index is 9.19. The zero-order chi connectivity index (χ0) is 11.5. The minimum atomic E-state index is -0.181. The van der Waals surface area contributed by atoms with Crippen LogP contribution in [0.5, 0.6) is 0 Å². The summed E-state index contributed by atoms with van der Waals surface area (Å²) in [6, 6.07) is 5.23. The van der Waals surface area contributed by atoms with Gasteiger partial charge in [0.1, 0.15) is 6.33 Å². The third-order valence-corrected chi connectivity index (χ3v) is 2.81. The quantitative estimate of drug-likeness (QED) is 0.897. The van der Waals surface area contributed by atoms with Gasteiger partial charge in [0, 0.05) is 17.3 Å². The number of rotatable bonds is 2. The lowest BCUT2D eigenvalue weighted by atomic mass is 10.1. The van der Waals surface area contributed by atoms with Crippen LogP contribution in [-0.2, 0) is 6.61 Å². The van der Waals surface area contributed by atoms with E-state index in [1.54, 1.807) is 24.4 Å². The zero-order valence-corrected chi connectivity index (χ0v) is 9.70. The van der Waals surface area contributed by atoms with E-state index in [0.717, 1.165) is 0 Å². The molecule has 0 radical (unpaired) electrons. The van der Waals surface area contributed by atoms with E-state index in [4.69, 9.17) is 23.2 Å². The number of aliphatic hydroxyl groups is 1. The number of hydrogen-bond donors (Lipinski definition) is 1. The molecule has 0 atom stereocenters. The van der Waals surface area contributed by atoms with Gasteiger partial charge in [0.2, 0.25) is 0 Å². The van der Waals surface area contributed by atoms with Crippen molar-refractivity contribution in [3.63, 3.8) is 0 Å². The van der Waals surface area contributed by atoms with E-state index in [2.05, 4.69) is 9.97 Å². The topological polar surface area (TPSA) is 46.0 Å². The maximum atomic E-state index is 9.19. The molecule has 1 heterocycles. The molecule has 1 N–H and O–H groups in total. The first-order chi connectivity index (χ1) is 7.74. The second kappa shape index (κ2) is 4.78. The summed E-state index contributed by atoms with van der Waals surface area (Å²) in [6.07, 6.45) is 2.96. The van der Waals surface area contributed by atoms with Gasteiger partial charge in [0.25, 0.3) is 0 Å². The Labute approximate surface area is 103 Å². The van der Waals surface area contributed by atoms with Gasteiger partial charge in [0.15, 0.2) is 0 Å². The summed E-state index contributed by atoms with van der Waals surface area (Å²) in [5, 5.41) is 10.2. The highest BCUT2D eigenvalue weighted by Crippen LogP contribution is 2.35. The van der Waals surface area contributed by atoms with Gasteiger partial charge in [-0.05, 0) is 12.1 Å². The van der Waals surface area contributed by atoms with Crippen LogP contribution >= 0.6 is 23.2 Å². The number of benzene rings is 1. The van der Waals surface area contributed by atoms with E-state index in [1.807, 2.05) is 0 Å². The van der Waals surface area contributed by atoms with Gasteiger partial charge in [-0.1, -0.05) is 29.3 Å². The summed E-state index contributed by atoms with van der Waals surface area (Å²) in [4.78, 5) is 7.89. The predicted molar refractivity (Wildman–Crippen MR) is 63.4 cm³/mol. The molecule has 0 unspecified atom stereocenters. The van der Waals surface area contributed by atoms with Gasteiger partial charge in [-0.2, -0.15) is 0 Å². The normalized spacial score (nSPS) is 10.4. The van der Waals surface area contributed by atoms with E-state index < -0.39 is 0 Å². The van der Waals surface area contributed by atoms with Crippen molar-refractivity contribution in [1.82, 2.24) is 9.97 Å².